The van der Waals surface area contributed by atoms with E-state index in [2.05, 4.69) is 4.74 Å². The van der Waals surface area contributed by atoms with Crippen LogP contribution in [0.4, 0.5) is 52.7 Å². The van der Waals surface area contributed by atoms with Crippen LogP contribution in [0, 0.1) is 58.2 Å². The predicted molar refractivity (Wildman–Crippen MR) is 209 cm³/mol. The van der Waals surface area contributed by atoms with E-state index < -0.39 is 107 Å². The Morgan fingerprint density at radius 3 is 1.22 bits per heavy atom. The molecule has 4 saturated carbocycles. The first kappa shape index (κ1) is 56.3. The van der Waals surface area contributed by atoms with Crippen molar-refractivity contribution >= 4 is 11.9 Å². The van der Waals surface area contributed by atoms with E-state index >= 15 is 0 Å². The lowest BCUT2D eigenvalue weighted by atomic mass is 9.70. The molecular formula is C44H68F12O8. The van der Waals surface area contributed by atoms with Gasteiger partial charge in [0.05, 0.1) is 23.5 Å². The highest BCUT2D eigenvalue weighted by atomic mass is 19.4. The Hall–Kier alpha value is -2.06. The Labute approximate surface area is 367 Å². The van der Waals surface area contributed by atoms with Crippen molar-refractivity contribution in [3.05, 3.63) is 0 Å². The van der Waals surface area contributed by atoms with Crippen LogP contribution in [0.5, 0.6) is 0 Å². The Morgan fingerprint density at radius 1 is 0.578 bits per heavy atom. The topological polar surface area (TPSA) is 123 Å². The number of halogens is 12. The summed E-state index contributed by atoms with van der Waals surface area (Å²) in [6.45, 7) is 14.6. The molecule has 376 valence electrons. The van der Waals surface area contributed by atoms with Gasteiger partial charge in [-0.15, -0.1) is 0 Å². The van der Waals surface area contributed by atoms with Crippen molar-refractivity contribution in [2.75, 3.05) is 6.61 Å². The number of alkyl halides is 12. The summed E-state index contributed by atoms with van der Waals surface area (Å²) in [5, 5.41) is 29.9. The smallest absolute Gasteiger partial charge is 0.423 e. The molecule has 0 aromatic rings. The van der Waals surface area contributed by atoms with Gasteiger partial charge in [-0.3, -0.25) is 9.59 Å². The van der Waals surface area contributed by atoms with Gasteiger partial charge in [0.15, 0.2) is 11.2 Å². The quantitative estimate of drug-likeness (QED) is 0.103. The Balaban J connectivity index is 0.000000351. The highest BCUT2D eigenvalue weighted by Gasteiger charge is 2.61. The van der Waals surface area contributed by atoms with Gasteiger partial charge in [0.1, 0.15) is 11.2 Å². The van der Waals surface area contributed by atoms with Crippen molar-refractivity contribution in [2.24, 2.45) is 58.2 Å². The van der Waals surface area contributed by atoms with Gasteiger partial charge in [-0.2, -0.15) is 52.7 Å². The minimum Gasteiger partial charge on any atom is -0.459 e. The Morgan fingerprint density at radius 2 is 0.938 bits per heavy atom. The molecule has 0 aliphatic heterocycles. The van der Waals surface area contributed by atoms with E-state index in [0.717, 1.165) is 26.7 Å². The number of hydrogen-bond donors (Lipinski definition) is 3. The molecule has 0 spiro atoms. The molecule has 13 atom stereocenters. The van der Waals surface area contributed by atoms with Crippen molar-refractivity contribution in [1.82, 2.24) is 0 Å². The second kappa shape index (κ2) is 18.8. The normalized spacial score (nSPS) is 30.7. The van der Waals surface area contributed by atoms with Gasteiger partial charge < -0.3 is 29.5 Å². The van der Waals surface area contributed by atoms with E-state index in [4.69, 9.17) is 9.47 Å². The summed E-state index contributed by atoms with van der Waals surface area (Å²) in [4.78, 5) is 25.8. The van der Waals surface area contributed by atoms with Crippen LogP contribution in [0.15, 0.2) is 0 Å². The van der Waals surface area contributed by atoms with E-state index in [1.165, 1.54) is 20.8 Å². The average Bonchev–Trinajstić information content (AvgIpc) is 3.90. The number of aliphatic hydroxyl groups is 3. The molecule has 4 bridgehead atoms. The van der Waals surface area contributed by atoms with Gasteiger partial charge >= 0.3 is 36.6 Å². The van der Waals surface area contributed by atoms with E-state index in [1.54, 1.807) is 13.8 Å². The van der Waals surface area contributed by atoms with Crippen LogP contribution < -0.4 is 0 Å². The van der Waals surface area contributed by atoms with Crippen molar-refractivity contribution in [3.8, 4) is 0 Å². The Bertz CT molecular complexity index is 1590. The highest BCUT2D eigenvalue weighted by Crippen LogP contribution is 2.60. The first-order valence-corrected chi connectivity index (χ1v) is 22.0. The second-order valence-corrected chi connectivity index (χ2v) is 21.3. The first-order chi connectivity index (χ1) is 28.5. The maximum Gasteiger partial charge on any atom is 0.423 e. The van der Waals surface area contributed by atoms with Crippen molar-refractivity contribution in [1.29, 1.82) is 0 Å². The van der Waals surface area contributed by atoms with Gasteiger partial charge in [-0.25, -0.2) is 0 Å². The van der Waals surface area contributed by atoms with Crippen LogP contribution in [0.1, 0.15) is 140 Å². The number of ether oxygens (including phenoxy) is 3. The molecule has 20 heteroatoms. The first-order valence-electron chi connectivity index (χ1n) is 22.0. The number of carbonyl (C=O) groups excluding carboxylic acids is 2. The largest absolute Gasteiger partial charge is 0.459 e. The van der Waals surface area contributed by atoms with Crippen LogP contribution in [-0.2, 0) is 23.8 Å². The van der Waals surface area contributed by atoms with Crippen molar-refractivity contribution < 1.29 is 91.8 Å². The lowest BCUT2D eigenvalue weighted by Crippen LogP contribution is -2.50. The molecule has 64 heavy (non-hydrogen) atoms. The number of esters is 2. The zero-order chi connectivity index (χ0) is 49.8. The van der Waals surface area contributed by atoms with E-state index in [9.17, 15) is 77.6 Å². The monoisotopic (exact) mass is 952 g/mol. The minimum absolute atomic E-state index is 0.0129. The third-order valence-corrected chi connectivity index (χ3v) is 15.5. The molecule has 13 unspecified atom stereocenters. The van der Waals surface area contributed by atoms with Crippen LogP contribution in [0.25, 0.3) is 0 Å². The fraction of sp³-hybridized carbons (Fsp3) is 0.955. The number of fused-ring (bicyclic) bond motifs is 4. The fourth-order valence-corrected chi connectivity index (χ4v) is 10.7. The second-order valence-electron chi connectivity index (χ2n) is 21.3. The van der Waals surface area contributed by atoms with Gasteiger partial charge in [-0.05, 0) is 162 Å². The number of aliphatic hydroxyl groups excluding tert-OH is 1. The lowest BCUT2D eigenvalue weighted by Gasteiger charge is -2.43. The summed E-state index contributed by atoms with van der Waals surface area (Å²) in [5.74, 6) is -2.65. The standard InChI is InChI=1S/C23H33F9O4.C21H35F3O4/c1-6-19(4,11-35-16(21(24,25)26)22(27,28)29)17(33)36-18(2,3)15-9-12-7-13(14(15)8-12)10-20(5,34)23(30,31)32;1-7-19(5,12(2)25)17(26)28-18(3,4)16-10-13-8-14(15(16)9-13)11-20(6,27)21(22,23)24/h12-16,34H,6-11H2,1-5H3;12-16,25,27H,7-11H2,1-6H3. The molecule has 4 aliphatic rings. The molecule has 0 saturated heterocycles. The van der Waals surface area contributed by atoms with Crippen LogP contribution in [0.2, 0.25) is 0 Å². The third kappa shape index (κ3) is 12.3. The summed E-state index contributed by atoms with van der Waals surface area (Å²) < 4.78 is 172. The summed E-state index contributed by atoms with van der Waals surface area (Å²) in [6.07, 6.45) is -22.6. The molecule has 4 fully saturated rings. The molecule has 4 aliphatic carbocycles. The number of hydrogen-bond acceptors (Lipinski definition) is 8. The molecule has 8 nitrogen and oxygen atoms in total. The predicted octanol–water partition coefficient (Wildman–Crippen LogP) is 11.1. The lowest BCUT2D eigenvalue weighted by molar-refractivity contribution is -0.326. The maximum absolute atomic E-state index is 13.2. The molecule has 0 amide bonds. The van der Waals surface area contributed by atoms with E-state index in [0.29, 0.717) is 44.9 Å². The number of rotatable bonds is 16. The van der Waals surface area contributed by atoms with Crippen LogP contribution in [0.3, 0.4) is 0 Å². The molecule has 0 heterocycles. The minimum atomic E-state index is -5.73. The van der Waals surface area contributed by atoms with Crippen molar-refractivity contribution in [3.63, 3.8) is 0 Å². The molecular weight excluding hydrogens is 884 g/mol. The highest BCUT2D eigenvalue weighted by molar-refractivity contribution is 5.77. The van der Waals surface area contributed by atoms with E-state index in [1.807, 2.05) is 20.8 Å². The van der Waals surface area contributed by atoms with Gasteiger partial charge in [-0.1, -0.05) is 13.8 Å². The molecule has 0 aromatic heterocycles. The van der Waals surface area contributed by atoms with E-state index in [-0.39, 0.29) is 42.4 Å². The van der Waals surface area contributed by atoms with Gasteiger partial charge in [0.25, 0.3) is 0 Å². The van der Waals surface area contributed by atoms with Crippen LogP contribution in [-0.4, -0.2) is 93.2 Å². The van der Waals surface area contributed by atoms with Gasteiger partial charge in [0.2, 0.25) is 6.10 Å². The van der Waals surface area contributed by atoms with Crippen molar-refractivity contribution in [2.45, 2.75) is 200 Å². The maximum atomic E-state index is 13.2. The molecule has 0 aromatic carbocycles. The average molecular weight is 953 g/mol. The SMILES string of the molecule is CCC(C)(C(=O)OC(C)(C)C1CC2CC(CC(C)(O)C(F)(F)F)C1C2)C(C)O.CCC(C)(COC(C(F)(F)F)C(F)(F)F)C(=O)OC(C)(C)C1CC2CC(CC(C)(O)C(F)(F)F)C1C2. The molecule has 4 rings (SSSR count). The van der Waals surface area contributed by atoms with Crippen LogP contribution >= 0.6 is 0 Å². The zero-order valence-corrected chi connectivity index (χ0v) is 38.5. The summed E-state index contributed by atoms with van der Waals surface area (Å²) >= 11 is 0. The fourth-order valence-electron chi connectivity index (χ4n) is 10.7. The molecule has 3 N–H and O–H groups in total. The summed E-state index contributed by atoms with van der Waals surface area (Å²) in [5.41, 5.74) is -10.6. The molecule has 0 radical (unpaired) electrons. The van der Waals surface area contributed by atoms with Gasteiger partial charge in [0, 0.05) is 11.8 Å². The summed E-state index contributed by atoms with van der Waals surface area (Å²) in [7, 11) is 0. The Kier molecular flexibility index (Phi) is 16.5. The zero-order valence-electron chi connectivity index (χ0n) is 38.5. The third-order valence-electron chi connectivity index (χ3n) is 15.5. The summed E-state index contributed by atoms with van der Waals surface area (Å²) in [6, 6.07) is 0. The number of carbonyl (C=O) groups is 2.